The average Bonchev–Trinajstić information content (AvgIpc) is 2.28. The Morgan fingerprint density at radius 1 is 1.05 bits per heavy atom. The lowest BCUT2D eigenvalue weighted by Crippen LogP contribution is -2.45. The minimum Gasteiger partial charge on any atom is -0.374 e. The standard InChI is InChI=1S/C10H24O6S2Si/c1-4-14-19(15-5-2,16-6-3)10-8-7-9-13-18(11,12)17/h4-10H2,1-3H3,(H,11,12,17). The highest BCUT2D eigenvalue weighted by molar-refractivity contribution is 8.27. The first-order valence-electron chi connectivity index (χ1n) is 6.42. The molecule has 6 nitrogen and oxygen atoms in total. The van der Waals surface area contributed by atoms with Crippen molar-refractivity contribution in [2.45, 2.75) is 39.7 Å². The van der Waals surface area contributed by atoms with E-state index in [1.54, 1.807) is 0 Å². The third kappa shape index (κ3) is 9.85. The van der Waals surface area contributed by atoms with Gasteiger partial charge in [-0.05, 0) is 33.6 Å². The molecule has 0 aliphatic heterocycles. The van der Waals surface area contributed by atoms with Crippen LogP contribution in [0.2, 0.25) is 6.04 Å². The van der Waals surface area contributed by atoms with Crippen LogP contribution < -0.4 is 0 Å². The van der Waals surface area contributed by atoms with Crippen molar-refractivity contribution in [1.82, 2.24) is 0 Å². The van der Waals surface area contributed by atoms with Crippen LogP contribution in [0.15, 0.2) is 0 Å². The second-order valence-corrected chi connectivity index (χ2v) is 8.78. The lowest BCUT2D eigenvalue weighted by atomic mass is 10.4. The number of unbranched alkanes of at least 4 members (excludes halogenated alkanes) is 1. The van der Waals surface area contributed by atoms with Crippen molar-refractivity contribution in [2.75, 3.05) is 26.4 Å². The second-order valence-electron chi connectivity index (χ2n) is 3.69. The topological polar surface area (TPSA) is 74.2 Å². The van der Waals surface area contributed by atoms with Crippen LogP contribution >= 0.6 is 0 Å². The van der Waals surface area contributed by atoms with Crippen molar-refractivity contribution in [3.05, 3.63) is 0 Å². The van der Waals surface area contributed by atoms with Crippen LogP contribution in [-0.2, 0) is 37.7 Å². The molecule has 0 amide bonds. The molecule has 0 saturated carbocycles. The van der Waals surface area contributed by atoms with Gasteiger partial charge in [0.2, 0.25) is 0 Å². The van der Waals surface area contributed by atoms with E-state index in [-0.39, 0.29) is 6.61 Å². The lowest BCUT2D eigenvalue weighted by Gasteiger charge is -2.28. The summed E-state index contributed by atoms with van der Waals surface area (Å²) in [6, 6.07) is 0.663. The van der Waals surface area contributed by atoms with Crippen molar-refractivity contribution in [2.24, 2.45) is 0 Å². The van der Waals surface area contributed by atoms with Crippen LogP contribution in [0, 0.1) is 0 Å². The summed E-state index contributed by atoms with van der Waals surface area (Å²) >= 11 is 4.23. The normalized spacial score (nSPS) is 15.4. The molecule has 1 atom stereocenters. The molecule has 0 radical (unpaired) electrons. The molecule has 0 heterocycles. The Bertz CT molecular complexity index is 305. The van der Waals surface area contributed by atoms with Gasteiger partial charge in [0.15, 0.2) is 0 Å². The summed E-state index contributed by atoms with van der Waals surface area (Å²) in [5.41, 5.74) is 0. The smallest absolute Gasteiger partial charge is 0.374 e. The predicted molar refractivity (Wildman–Crippen MR) is 78.8 cm³/mol. The first-order chi connectivity index (χ1) is 8.89. The number of hydrogen-bond donors (Lipinski definition) is 1. The van der Waals surface area contributed by atoms with Gasteiger partial charge in [0.25, 0.3) is 9.05 Å². The van der Waals surface area contributed by atoms with E-state index < -0.39 is 17.9 Å². The van der Waals surface area contributed by atoms with Gasteiger partial charge >= 0.3 is 8.80 Å². The van der Waals surface area contributed by atoms with Gasteiger partial charge in [-0.3, -0.25) is 8.74 Å². The molecule has 116 valence electrons. The van der Waals surface area contributed by atoms with Gasteiger partial charge in [-0.15, -0.1) is 0 Å². The van der Waals surface area contributed by atoms with Gasteiger partial charge in [0.1, 0.15) is 0 Å². The highest BCUT2D eigenvalue weighted by Crippen LogP contribution is 2.19. The third-order valence-corrected chi connectivity index (χ3v) is 6.11. The molecular formula is C10H24O6S2Si. The van der Waals surface area contributed by atoms with E-state index in [0.29, 0.717) is 32.3 Å². The van der Waals surface area contributed by atoms with E-state index in [4.69, 9.17) is 17.8 Å². The molecule has 0 aromatic heterocycles. The Kier molecular flexibility index (Phi) is 10.4. The second kappa shape index (κ2) is 10.2. The number of hydrogen-bond acceptors (Lipinski definition) is 6. The zero-order chi connectivity index (χ0) is 14.8. The summed E-state index contributed by atoms with van der Waals surface area (Å²) in [6.45, 7) is 7.48. The molecule has 19 heavy (non-hydrogen) atoms. The van der Waals surface area contributed by atoms with Crippen molar-refractivity contribution in [3.63, 3.8) is 0 Å². The molecule has 1 unspecified atom stereocenters. The SMILES string of the molecule is CCO[Si](CCCCOS(=O)(O)=S)(OCC)OCC. The molecule has 0 aliphatic carbocycles. The maximum absolute atomic E-state index is 10.7. The van der Waals surface area contributed by atoms with Crippen LogP contribution in [0.4, 0.5) is 0 Å². The predicted octanol–water partition coefficient (Wildman–Crippen LogP) is 1.97. The molecule has 0 aliphatic rings. The van der Waals surface area contributed by atoms with E-state index in [1.807, 2.05) is 20.8 Å². The summed E-state index contributed by atoms with van der Waals surface area (Å²) in [5.74, 6) is 0. The summed E-state index contributed by atoms with van der Waals surface area (Å²) in [7, 11) is -6.13. The quantitative estimate of drug-likeness (QED) is 0.432. The Morgan fingerprint density at radius 3 is 1.89 bits per heavy atom. The maximum atomic E-state index is 10.7. The third-order valence-electron chi connectivity index (χ3n) is 2.20. The minimum atomic E-state index is -3.52. The lowest BCUT2D eigenvalue weighted by molar-refractivity contribution is 0.0704. The van der Waals surface area contributed by atoms with Crippen LogP contribution in [0.3, 0.4) is 0 Å². The highest BCUT2D eigenvalue weighted by atomic mass is 32.9. The molecule has 0 spiro atoms. The van der Waals surface area contributed by atoms with Gasteiger partial charge in [-0.1, -0.05) is 0 Å². The highest BCUT2D eigenvalue weighted by Gasteiger charge is 2.39. The molecule has 0 aromatic carbocycles. The van der Waals surface area contributed by atoms with Crippen molar-refractivity contribution in [1.29, 1.82) is 0 Å². The molecule has 1 N–H and O–H groups in total. The Hall–Kier alpha value is 0.387. The molecule has 0 rings (SSSR count). The van der Waals surface area contributed by atoms with E-state index in [1.165, 1.54) is 0 Å². The van der Waals surface area contributed by atoms with Gasteiger partial charge < -0.3 is 13.3 Å². The fraction of sp³-hybridized carbons (Fsp3) is 1.00. The molecular weight excluding hydrogens is 308 g/mol. The Morgan fingerprint density at radius 2 is 1.53 bits per heavy atom. The van der Waals surface area contributed by atoms with Crippen LogP contribution in [-0.4, -0.2) is 44.0 Å². The summed E-state index contributed by atoms with van der Waals surface area (Å²) in [6.07, 6.45) is 1.34. The molecule has 9 heteroatoms. The van der Waals surface area contributed by atoms with Crippen LogP contribution in [0.5, 0.6) is 0 Å². The average molecular weight is 333 g/mol. The Labute approximate surface area is 121 Å². The Balaban J connectivity index is 4.17. The van der Waals surface area contributed by atoms with E-state index in [9.17, 15) is 4.21 Å². The van der Waals surface area contributed by atoms with Crippen molar-refractivity contribution >= 4 is 29.0 Å². The maximum Gasteiger partial charge on any atom is 0.500 e. The molecule has 0 saturated heterocycles. The zero-order valence-electron chi connectivity index (χ0n) is 11.8. The largest absolute Gasteiger partial charge is 0.500 e. The van der Waals surface area contributed by atoms with Gasteiger partial charge in [0, 0.05) is 37.1 Å². The zero-order valence-corrected chi connectivity index (χ0v) is 14.4. The molecule has 0 bridgehead atoms. The van der Waals surface area contributed by atoms with E-state index >= 15 is 0 Å². The molecule has 0 fully saturated rings. The van der Waals surface area contributed by atoms with Gasteiger partial charge in [0.05, 0.1) is 6.61 Å². The fourth-order valence-electron chi connectivity index (χ4n) is 1.61. The summed E-state index contributed by atoms with van der Waals surface area (Å²) < 4.78 is 41.2. The number of rotatable bonds is 12. The van der Waals surface area contributed by atoms with Crippen LogP contribution in [0.25, 0.3) is 0 Å². The summed E-state index contributed by atoms with van der Waals surface area (Å²) in [4.78, 5) is 0. The van der Waals surface area contributed by atoms with Gasteiger partial charge in [-0.25, -0.2) is 0 Å². The summed E-state index contributed by atoms with van der Waals surface area (Å²) in [5, 5.41) is 0. The minimum absolute atomic E-state index is 0.147. The first kappa shape index (κ1) is 19.4. The van der Waals surface area contributed by atoms with Gasteiger partial charge in [-0.2, -0.15) is 4.21 Å². The molecule has 0 aromatic rings. The van der Waals surface area contributed by atoms with Crippen molar-refractivity contribution in [3.8, 4) is 0 Å². The first-order valence-corrected chi connectivity index (χ1v) is 10.7. The monoisotopic (exact) mass is 332 g/mol. The fourth-order valence-corrected chi connectivity index (χ4v) is 4.83. The van der Waals surface area contributed by atoms with E-state index in [2.05, 4.69) is 15.4 Å². The van der Waals surface area contributed by atoms with E-state index in [0.717, 1.165) is 6.42 Å². The van der Waals surface area contributed by atoms with Crippen LogP contribution in [0.1, 0.15) is 33.6 Å². The van der Waals surface area contributed by atoms with Crippen molar-refractivity contribution < 1.29 is 26.2 Å².